The van der Waals surface area contributed by atoms with E-state index < -0.39 is 18.0 Å². The third-order valence-corrected chi connectivity index (χ3v) is 1.37. The van der Waals surface area contributed by atoms with Gasteiger partial charge in [-0.05, 0) is 0 Å². The topological polar surface area (TPSA) is 61.8 Å². The van der Waals surface area contributed by atoms with Gasteiger partial charge >= 0.3 is 5.97 Å². The van der Waals surface area contributed by atoms with Crippen LogP contribution in [0.15, 0.2) is 12.7 Å². The van der Waals surface area contributed by atoms with E-state index in [9.17, 15) is 9.59 Å². The molecule has 5 nitrogen and oxygen atoms in total. The van der Waals surface area contributed by atoms with Crippen LogP contribution < -0.4 is 0 Å². The van der Waals surface area contributed by atoms with Gasteiger partial charge in [0, 0.05) is 14.2 Å². The number of methoxy groups -OCH3 is 2. The summed E-state index contributed by atoms with van der Waals surface area (Å²) in [4.78, 5) is 22.1. The number of Topliss-reactive ketones (excluding diaryl/α,β-unsaturated/α-hetero) is 1. The van der Waals surface area contributed by atoms with Crippen LogP contribution in [0.2, 0.25) is 0 Å². The highest BCUT2D eigenvalue weighted by molar-refractivity contribution is 5.97. The maximum atomic E-state index is 11.2. The number of ether oxygens (including phenoxy) is 3. The molecule has 80 valence electrons. The molecule has 0 saturated carbocycles. The van der Waals surface area contributed by atoms with Crippen molar-refractivity contribution in [2.75, 3.05) is 20.8 Å². The molecule has 0 aliphatic heterocycles. The molecule has 0 aromatic carbocycles. The highest BCUT2D eigenvalue weighted by Crippen LogP contribution is 1.98. The Hall–Kier alpha value is -1.20. The Kier molecular flexibility index (Phi) is 6.61. The Balaban J connectivity index is 3.91. The zero-order valence-electron chi connectivity index (χ0n) is 8.32. The van der Waals surface area contributed by atoms with Gasteiger partial charge in [-0.25, -0.2) is 0 Å². The smallest absolute Gasteiger partial charge is 0.313 e. The summed E-state index contributed by atoms with van der Waals surface area (Å²) in [6, 6.07) is 0. The normalized spacial score (nSPS) is 9.93. The predicted octanol–water partition coefficient (Wildman–Crippen LogP) is 0.294. The van der Waals surface area contributed by atoms with E-state index >= 15 is 0 Å². The summed E-state index contributed by atoms with van der Waals surface area (Å²) in [5.74, 6) is -1.09. The Morgan fingerprint density at radius 3 is 2.36 bits per heavy atom. The summed E-state index contributed by atoms with van der Waals surface area (Å²) in [5, 5.41) is 0. The largest absolute Gasteiger partial charge is 0.461 e. The second-order valence-electron chi connectivity index (χ2n) is 2.42. The van der Waals surface area contributed by atoms with Crippen molar-refractivity contribution in [3.8, 4) is 0 Å². The van der Waals surface area contributed by atoms with Crippen molar-refractivity contribution in [2.45, 2.75) is 12.7 Å². The molecule has 0 N–H and O–H groups in total. The maximum absolute atomic E-state index is 11.2. The molecular formula is C9H14O5. The minimum atomic E-state index is -1.01. The van der Waals surface area contributed by atoms with Crippen LogP contribution in [0.4, 0.5) is 0 Å². The summed E-state index contributed by atoms with van der Waals surface area (Å²) in [6.45, 7) is 3.46. The lowest BCUT2D eigenvalue weighted by Gasteiger charge is -2.10. The minimum Gasteiger partial charge on any atom is -0.461 e. The third kappa shape index (κ3) is 4.74. The van der Waals surface area contributed by atoms with E-state index in [1.165, 1.54) is 20.3 Å². The van der Waals surface area contributed by atoms with Crippen molar-refractivity contribution >= 4 is 11.8 Å². The average molecular weight is 202 g/mol. The standard InChI is InChI=1S/C9H14O5/c1-4-5-14-8(11)6-7(10)9(12-2)13-3/h4,9H,1,5-6H2,2-3H3. The molecule has 0 bridgehead atoms. The van der Waals surface area contributed by atoms with Crippen molar-refractivity contribution in [3.05, 3.63) is 12.7 Å². The van der Waals surface area contributed by atoms with Crippen molar-refractivity contribution in [2.24, 2.45) is 0 Å². The molecule has 0 aromatic rings. The number of rotatable bonds is 7. The van der Waals surface area contributed by atoms with Crippen LogP contribution in [-0.4, -0.2) is 38.9 Å². The number of carbonyl (C=O) groups excluding carboxylic acids is 2. The van der Waals surface area contributed by atoms with Gasteiger partial charge in [-0.1, -0.05) is 12.7 Å². The summed E-state index contributed by atoms with van der Waals surface area (Å²) >= 11 is 0. The lowest BCUT2D eigenvalue weighted by molar-refractivity contribution is -0.162. The number of esters is 1. The summed E-state index contributed by atoms with van der Waals surface area (Å²) in [7, 11) is 2.64. The minimum absolute atomic E-state index is 0.0940. The molecule has 0 atom stereocenters. The third-order valence-electron chi connectivity index (χ3n) is 1.37. The van der Waals surface area contributed by atoms with Crippen molar-refractivity contribution in [1.29, 1.82) is 0 Å². The van der Waals surface area contributed by atoms with Crippen LogP contribution in [0, 0.1) is 0 Å². The summed E-state index contributed by atoms with van der Waals surface area (Å²) in [6.07, 6.45) is 0.0541. The van der Waals surface area contributed by atoms with E-state index in [1.807, 2.05) is 0 Å². The predicted molar refractivity (Wildman–Crippen MR) is 48.6 cm³/mol. The molecule has 5 heteroatoms. The van der Waals surface area contributed by atoms with E-state index in [4.69, 9.17) is 0 Å². The fourth-order valence-corrected chi connectivity index (χ4v) is 0.788. The summed E-state index contributed by atoms with van der Waals surface area (Å²) in [5.41, 5.74) is 0. The molecule has 0 aliphatic carbocycles. The van der Waals surface area contributed by atoms with Crippen molar-refractivity contribution in [1.82, 2.24) is 0 Å². The molecule has 0 rings (SSSR count). The van der Waals surface area contributed by atoms with E-state index in [0.717, 1.165) is 0 Å². The Labute approximate surface area is 82.6 Å². The molecule has 0 saturated heterocycles. The van der Waals surface area contributed by atoms with Crippen LogP contribution in [0.3, 0.4) is 0 Å². The molecule has 0 amide bonds. The fraction of sp³-hybridized carbons (Fsp3) is 0.556. The van der Waals surface area contributed by atoms with E-state index in [2.05, 4.69) is 20.8 Å². The Morgan fingerprint density at radius 1 is 1.36 bits per heavy atom. The zero-order valence-corrected chi connectivity index (χ0v) is 8.32. The monoisotopic (exact) mass is 202 g/mol. The highest BCUT2D eigenvalue weighted by Gasteiger charge is 2.20. The van der Waals surface area contributed by atoms with Crippen molar-refractivity contribution < 1.29 is 23.8 Å². The number of hydrogen-bond acceptors (Lipinski definition) is 5. The Morgan fingerprint density at radius 2 is 1.93 bits per heavy atom. The van der Waals surface area contributed by atoms with Gasteiger partial charge in [-0.15, -0.1) is 0 Å². The van der Waals surface area contributed by atoms with Gasteiger partial charge in [0.15, 0.2) is 5.78 Å². The van der Waals surface area contributed by atoms with Gasteiger partial charge in [0.25, 0.3) is 0 Å². The van der Waals surface area contributed by atoms with Gasteiger partial charge in [-0.2, -0.15) is 0 Å². The summed E-state index contributed by atoms with van der Waals surface area (Å²) < 4.78 is 13.9. The molecule has 0 aromatic heterocycles. The van der Waals surface area contributed by atoms with Gasteiger partial charge < -0.3 is 14.2 Å². The van der Waals surface area contributed by atoms with Crippen LogP contribution in [-0.2, 0) is 23.8 Å². The second-order valence-corrected chi connectivity index (χ2v) is 2.42. The van der Waals surface area contributed by atoms with Crippen LogP contribution in [0.25, 0.3) is 0 Å². The SMILES string of the molecule is C=CCOC(=O)CC(=O)C(OC)OC. The van der Waals surface area contributed by atoms with Crippen LogP contribution >= 0.6 is 0 Å². The van der Waals surface area contributed by atoms with E-state index in [1.54, 1.807) is 0 Å². The second kappa shape index (κ2) is 7.23. The van der Waals surface area contributed by atoms with Gasteiger partial charge in [0.05, 0.1) is 0 Å². The fourth-order valence-electron chi connectivity index (χ4n) is 0.788. The van der Waals surface area contributed by atoms with E-state index in [-0.39, 0.29) is 13.0 Å². The molecule has 0 heterocycles. The molecule has 0 fully saturated rings. The lowest BCUT2D eigenvalue weighted by atomic mass is 10.3. The molecule has 0 spiro atoms. The number of ketones is 1. The first kappa shape index (κ1) is 12.8. The number of hydrogen-bond donors (Lipinski definition) is 0. The molecular weight excluding hydrogens is 188 g/mol. The van der Waals surface area contributed by atoms with Gasteiger partial charge in [-0.3, -0.25) is 9.59 Å². The molecule has 0 radical (unpaired) electrons. The molecule has 0 unspecified atom stereocenters. The first-order chi connectivity index (χ1) is 6.65. The molecule has 14 heavy (non-hydrogen) atoms. The van der Waals surface area contributed by atoms with Crippen LogP contribution in [0.1, 0.15) is 6.42 Å². The van der Waals surface area contributed by atoms with Crippen molar-refractivity contribution in [3.63, 3.8) is 0 Å². The zero-order chi connectivity index (χ0) is 11.0. The first-order valence-corrected chi connectivity index (χ1v) is 4.00. The molecule has 0 aliphatic rings. The lowest BCUT2D eigenvalue weighted by Crippen LogP contribution is -2.27. The first-order valence-electron chi connectivity index (χ1n) is 4.00. The van der Waals surface area contributed by atoms with Gasteiger partial charge in [0.2, 0.25) is 6.29 Å². The van der Waals surface area contributed by atoms with Crippen LogP contribution in [0.5, 0.6) is 0 Å². The average Bonchev–Trinajstić information content (AvgIpc) is 2.16. The highest BCUT2D eigenvalue weighted by atomic mass is 16.7. The van der Waals surface area contributed by atoms with Gasteiger partial charge in [0.1, 0.15) is 13.0 Å². The quantitative estimate of drug-likeness (QED) is 0.257. The van der Waals surface area contributed by atoms with E-state index in [0.29, 0.717) is 0 Å². The number of carbonyl (C=O) groups is 2. The maximum Gasteiger partial charge on any atom is 0.313 e. The Bertz CT molecular complexity index is 207.